The topological polar surface area (TPSA) is 80.1 Å². The van der Waals surface area contributed by atoms with E-state index in [1.54, 1.807) is 23.9 Å². The second kappa shape index (κ2) is 14.3. The van der Waals surface area contributed by atoms with Crippen LogP contribution in [-0.2, 0) is 23.0 Å². The lowest BCUT2D eigenvalue weighted by Gasteiger charge is -2.27. The number of nitrogens with one attached hydrogen (secondary N) is 1. The third kappa shape index (κ3) is 8.30. The average Bonchev–Trinajstić information content (AvgIpc) is 3.30. The monoisotopic (exact) mass is 581 g/mol. The van der Waals surface area contributed by atoms with E-state index in [2.05, 4.69) is 31.0 Å². The highest BCUT2D eigenvalue weighted by atomic mass is 35.5. The Morgan fingerprint density at radius 3 is 2.41 bits per heavy atom. The largest absolute Gasteiger partial charge is 0.303 e. The van der Waals surface area contributed by atoms with Crippen LogP contribution >= 0.6 is 35.8 Å². The van der Waals surface area contributed by atoms with Crippen molar-refractivity contribution in [2.24, 2.45) is 0 Å². The molecule has 0 unspecified atom stereocenters. The van der Waals surface area contributed by atoms with Crippen LogP contribution in [0.25, 0.3) is 0 Å². The normalized spacial score (nSPS) is 15.2. The zero-order chi connectivity index (χ0) is 25.4. The Labute approximate surface area is 235 Å². The maximum absolute atomic E-state index is 13.4. The fourth-order valence-corrected chi connectivity index (χ4v) is 6.36. The van der Waals surface area contributed by atoms with Gasteiger partial charge < -0.3 is 9.47 Å². The van der Waals surface area contributed by atoms with E-state index >= 15 is 0 Å². The minimum atomic E-state index is -3.83. The molecule has 1 N–H and O–H groups in total. The Hall–Kier alpha value is -1.88. The van der Waals surface area contributed by atoms with Gasteiger partial charge in [0.2, 0.25) is 10.0 Å². The molecule has 1 aliphatic heterocycles. The second-order valence-corrected chi connectivity index (χ2v) is 11.9. The number of rotatable bonds is 12. The first-order valence-corrected chi connectivity index (χ1v) is 15.0. The minimum Gasteiger partial charge on any atom is -0.303 e. The fourth-order valence-electron chi connectivity index (χ4n) is 4.34. The smallest absolute Gasteiger partial charge is 0.241 e. The van der Waals surface area contributed by atoms with Gasteiger partial charge in [-0.2, -0.15) is 0 Å². The molecule has 0 bridgehead atoms. The molecule has 37 heavy (non-hydrogen) atoms. The highest BCUT2D eigenvalue weighted by molar-refractivity contribution is 7.99. The van der Waals surface area contributed by atoms with Crippen molar-refractivity contribution in [3.05, 3.63) is 83.7 Å². The molecule has 1 fully saturated rings. The lowest BCUT2D eigenvalue weighted by Crippen LogP contribution is -2.35. The van der Waals surface area contributed by atoms with Crippen molar-refractivity contribution in [1.82, 2.24) is 24.4 Å². The highest BCUT2D eigenvalue weighted by Crippen LogP contribution is 2.26. The molecule has 3 aromatic rings. The fraction of sp³-hybridized carbons (Fsp3) is 0.385. The predicted octanol–water partition coefficient (Wildman–Crippen LogP) is 5.38. The van der Waals surface area contributed by atoms with Gasteiger partial charge in [-0.05, 0) is 62.2 Å². The van der Waals surface area contributed by atoms with Gasteiger partial charge in [0.05, 0.1) is 10.9 Å². The molecular formula is C26H33Cl2N5O2S2. The Kier molecular flexibility index (Phi) is 11.5. The van der Waals surface area contributed by atoms with Crippen molar-refractivity contribution >= 4 is 45.8 Å². The van der Waals surface area contributed by atoms with Crippen molar-refractivity contribution in [3.63, 3.8) is 0 Å². The van der Waals surface area contributed by atoms with Crippen LogP contribution in [0.5, 0.6) is 0 Å². The van der Waals surface area contributed by atoms with Crippen molar-refractivity contribution in [1.29, 1.82) is 0 Å². The van der Waals surface area contributed by atoms with Crippen LogP contribution in [-0.4, -0.2) is 53.5 Å². The van der Waals surface area contributed by atoms with Crippen LogP contribution in [0.2, 0.25) is 5.02 Å². The average molecular weight is 583 g/mol. The number of hydrogen-bond acceptors (Lipinski definition) is 6. The van der Waals surface area contributed by atoms with Gasteiger partial charge in [0.1, 0.15) is 0 Å². The molecule has 2 aromatic carbocycles. The molecule has 1 saturated heterocycles. The quantitative estimate of drug-likeness (QED) is 0.228. The molecule has 0 spiro atoms. The van der Waals surface area contributed by atoms with Crippen LogP contribution in [0.15, 0.2) is 77.3 Å². The number of likely N-dealkylation sites (tertiary alicyclic amines) is 1. The Balaban J connectivity index is 0.00000380. The first-order valence-electron chi connectivity index (χ1n) is 12.2. The summed E-state index contributed by atoms with van der Waals surface area (Å²) < 4.78 is 31.7. The number of nitrogens with zero attached hydrogens (tertiary/aromatic N) is 4. The van der Waals surface area contributed by atoms with Gasteiger partial charge in [0.15, 0.2) is 11.0 Å². The molecule has 1 atom stereocenters. The van der Waals surface area contributed by atoms with Crippen molar-refractivity contribution in [2.75, 3.05) is 25.4 Å². The number of aromatic nitrogens is 3. The molecule has 7 nitrogen and oxygen atoms in total. The van der Waals surface area contributed by atoms with Gasteiger partial charge in [-0.25, -0.2) is 13.1 Å². The van der Waals surface area contributed by atoms with Gasteiger partial charge in [0.25, 0.3) is 0 Å². The third-order valence-electron chi connectivity index (χ3n) is 6.18. The molecule has 0 saturated carbocycles. The van der Waals surface area contributed by atoms with Gasteiger partial charge in [-0.15, -0.1) is 29.2 Å². The molecule has 2 heterocycles. The summed E-state index contributed by atoms with van der Waals surface area (Å²) in [7, 11) is -3.83. The molecule has 0 aliphatic carbocycles. The Morgan fingerprint density at radius 2 is 1.73 bits per heavy atom. The van der Waals surface area contributed by atoms with E-state index in [0.717, 1.165) is 30.4 Å². The summed E-state index contributed by atoms with van der Waals surface area (Å²) in [5, 5.41) is 10.2. The number of benzene rings is 2. The maximum Gasteiger partial charge on any atom is 0.241 e. The first kappa shape index (κ1) is 29.7. The van der Waals surface area contributed by atoms with Gasteiger partial charge in [-0.1, -0.05) is 66.2 Å². The third-order valence-corrected chi connectivity index (χ3v) is 8.88. The second-order valence-electron chi connectivity index (χ2n) is 8.81. The van der Waals surface area contributed by atoms with E-state index in [-0.39, 0.29) is 17.3 Å². The number of sulfonamides is 1. The van der Waals surface area contributed by atoms with Crippen molar-refractivity contribution in [2.45, 2.75) is 48.3 Å². The Morgan fingerprint density at radius 1 is 1.03 bits per heavy atom. The zero-order valence-corrected chi connectivity index (χ0v) is 23.8. The summed E-state index contributed by atoms with van der Waals surface area (Å²) in [5.74, 6) is 1.31. The summed E-state index contributed by atoms with van der Waals surface area (Å²) in [4.78, 5) is 2.62. The van der Waals surface area contributed by atoms with Gasteiger partial charge in [-0.3, -0.25) is 0 Å². The first-order chi connectivity index (χ1) is 17.5. The number of hydrogen-bond donors (Lipinski definition) is 1. The SMILES string of the molecule is C=CCSc1nnc([C@@H](Cc2ccccc2)NS(=O)(=O)c2ccc(Cl)cc2)n1CCN1CCCCC1.Cl. The van der Waals surface area contributed by atoms with E-state index in [9.17, 15) is 8.42 Å². The van der Waals surface area contributed by atoms with Crippen molar-refractivity contribution < 1.29 is 8.42 Å². The van der Waals surface area contributed by atoms with Crippen LogP contribution in [0.1, 0.15) is 36.7 Å². The number of thioether (sulfide) groups is 1. The summed E-state index contributed by atoms with van der Waals surface area (Å²) in [6.45, 7) is 7.56. The lowest BCUT2D eigenvalue weighted by molar-refractivity contribution is 0.217. The maximum atomic E-state index is 13.4. The summed E-state index contributed by atoms with van der Waals surface area (Å²) in [6, 6.07) is 15.4. The molecule has 4 rings (SSSR count). The van der Waals surface area contributed by atoms with Crippen molar-refractivity contribution in [3.8, 4) is 0 Å². The number of halogens is 2. The molecule has 200 valence electrons. The minimum absolute atomic E-state index is 0. The van der Waals surface area contributed by atoms with Gasteiger partial charge in [0, 0.05) is 23.9 Å². The van der Waals surface area contributed by atoms with Crippen LogP contribution in [0.4, 0.5) is 0 Å². The summed E-state index contributed by atoms with van der Waals surface area (Å²) in [5.41, 5.74) is 1.01. The predicted molar refractivity (Wildman–Crippen MR) is 153 cm³/mol. The summed E-state index contributed by atoms with van der Waals surface area (Å²) >= 11 is 7.54. The lowest BCUT2D eigenvalue weighted by atomic mass is 10.1. The molecular weight excluding hydrogens is 549 g/mol. The standard InChI is InChI=1S/C26H32ClN5O2S2.ClH/c1-2-19-35-26-29-28-25(32(26)18-17-31-15-7-4-8-16-31)24(20-21-9-5-3-6-10-21)30-36(33,34)23-13-11-22(27)12-14-23;/h2-3,5-6,9-14,24,30H,1,4,7-8,15-20H2;1H/t24-;/m1./s1. The van der Waals surface area contributed by atoms with Gasteiger partial charge >= 0.3 is 0 Å². The summed E-state index contributed by atoms with van der Waals surface area (Å²) in [6.07, 6.45) is 5.98. The van der Waals surface area contributed by atoms with E-state index in [4.69, 9.17) is 11.6 Å². The van der Waals surface area contributed by atoms with E-state index in [0.29, 0.717) is 29.6 Å². The molecule has 0 radical (unpaired) electrons. The zero-order valence-electron chi connectivity index (χ0n) is 20.6. The number of piperidine rings is 1. The van der Waals surface area contributed by atoms with Crippen LogP contribution in [0, 0.1) is 0 Å². The Bertz CT molecular complexity index is 1230. The van der Waals surface area contributed by atoms with Crippen LogP contribution < -0.4 is 4.72 Å². The molecule has 0 amide bonds. The molecule has 1 aliphatic rings. The molecule has 11 heteroatoms. The van der Waals surface area contributed by atoms with E-state index in [1.807, 2.05) is 36.4 Å². The molecule has 1 aromatic heterocycles. The van der Waals surface area contributed by atoms with Crippen LogP contribution in [0.3, 0.4) is 0 Å². The van der Waals surface area contributed by atoms with E-state index in [1.165, 1.54) is 31.4 Å². The van der Waals surface area contributed by atoms with E-state index < -0.39 is 16.1 Å². The highest BCUT2D eigenvalue weighted by Gasteiger charge is 2.28.